The number of benzene rings is 2. The Balaban J connectivity index is 1.37. The van der Waals surface area contributed by atoms with Gasteiger partial charge in [-0.15, -0.1) is 0 Å². The number of carbonyl (C=O) groups is 2. The molecule has 2 aromatic rings. The average Bonchev–Trinajstić information content (AvgIpc) is 3.29. The Kier molecular flexibility index (Phi) is 4.40. The van der Waals surface area contributed by atoms with E-state index in [0.717, 1.165) is 12.2 Å². The summed E-state index contributed by atoms with van der Waals surface area (Å²) in [6.45, 7) is 2.03. The normalized spacial score (nSPS) is 33.5. The van der Waals surface area contributed by atoms with E-state index in [9.17, 15) is 9.59 Å². The van der Waals surface area contributed by atoms with Crippen molar-refractivity contribution < 1.29 is 14.3 Å². The Morgan fingerprint density at radius 2 is 1.29 bits per heavy atom. The largest absolute Gasteiger partial charge is 0.457 e. The number of fused-ring (bicyclic) bond motifs is 5. The second kappa shape index (κ2) is 6.70. The zero-order valence-electron chi connectivity index (χ0n) is 15.2. The number of hydrogen-bond donors (Lipinski definition) is 0. The minimum Gasteiger partial charge on any atom is -0.457 e. The van der Waals surface area contributed by atoms with Gasteiger partial charge in [-0.2, -0.15) is 0 Å². The van der Waals surface area contributed by atoms with E-state index < -0.39 is 0 Å². The molecule has 0 radical (unpaired) electrons. The molecule has 2 amide bonds. The molecule has 0 N–H and O–H groups in total. The number of anilines is 1. The number of nitrogens with zero attached hydrogens (tertiary/aromatic N) is 1. The maximum atomic E-state index is 13.1. The third-order valence-corrected chi connectivity index (χ3v) is 9.55. The minimum absolute atomic E-state index is 0.0569. The summed E-state index contributed by atoms with van der Waals surface area (Å²) < 4.78 is 5.85. The Morgan fingerprint density at radius 1 is 0.821 bits per heavy atom. The molecule has 144 valence electrons. The Morgan fingerprint density at radius 3 is 1.79 bits per heavy atom. The summed E-state index contributed by atoms with van der Waals surface area (Å²) in [4.78, 5) is 28.1. The maximum Gasteiger partial charge on any atom is 0.238 e. The van der Waals surface area contributed by atoms with Gasteiger partial charge in [-0.05, 0) is 61.6 Å². The molecule has 3 fully saturated rings. The average molecular weight is 505 g/mol. The number of alkyl halides is 2. The van der Waals surface area contributed by atoms with E-state index >= 15 is 0 Å². The topological polar surface area (TPSA) is 46.6 Å². The Bertz CT molecular complexity index is 911. The van der Waals surface area contributed by atoms with Crippen molar-refractivity contribution in [1.82, 2.24) is 0 Å². The second-order valence-corrected chi connectivity index (χ2v) is 10.0. The Labute approximate surface area is 180 Å². The molecule has 0 aromatic heterocycles. The summed E-state index contributed by atoms with van der Waals surface area (Å²) in [7, 11) is 0. The number of carbonyl (C=O) groups excluding carboxylic acids is 2. The van der Waals surface area contributed by atoms with Crippen LogP contribution in [0.4, 0.5) is 5.69 Å². The summed E-state index contributed by atoms with van der Waals surface area (Å²) in [5.41, 5.74) is 1.79. The summed E-state index contributed by atoms with van der Waals surface area (Å²) in [6, 6.07) is 15.0. The zero-order chi connectivity index (χ0) is 19.6. The van der Waals surface area contributed by atoms with Gasteiger partial charge in [0.25, 0.3) is 0 Å². The predicted molar refractivity (Wildman–Crippen MR) is 114 cm³/mol. The van der Waals surface area contributed by atoms with E-state index in [0.29, 0.717) is 11.4 Å². The first-order valence-corrected chi connectivity index (χ1v) is 11.3. The van der Waals surface area contributed by atoms with Crippen LogP contribution >= 0.6 is 31.9 Å². The first-order chi connectivity index (χ1) is 13.5. The van der Waals surface area contributed by atoms with E-state index in [1.165, 1.54) is 10.5 Å². The number of halogens is 2. The van der Waals surface area contributed by atoms with Gasteiger partial charge < -0.3 is 4.74 Å². The molecule has 1 aliphatic heterocycles. The van der Waals surface area contributed by atoms with Gasteiger partial charge in [0.1, 0.15) is 11.5 Å². The molecular weight excluding hydrogens is 486 g/mol. The lowest BCUT2D eigenvalue weighted by Gasteiger charge is -2.28. The minimum atomic E-state index is -0.195. The molecule has 2 aromatic carbocycles. The number of imide groups is 1. The molecule has 4 nitrogen and oxygen atoms in total. The highest BCUT2D eigenvalue weighted by Crippen LogP contribution is 2.60. The lowest BCUT2D eigenvalue weighted by Crippen LogP contribution is -2.37. The molecule has 2 aliphatic carbocycles. The van der Waals surface area contributed by atoms with Crippen LogP contribution in [0.3, 0.4) is 0 Å². The smallest absolute Gasteiger partial charge is 0.238 e. The third kappa shape index (κ3) is 2.68. The number of amides is 2. The van der Waals surface area contributed by atoms with Crippen LogP contribution in [-0.4, -0.2) is 21.5 Å². The van der Waals surface area contributed by atoms with Gasteiger partial charge in [0, 0.05) is 9.65 Å². The molecule has 0 spiro atoms. The summed E-state index contributed by atoms with van der Waals surface area (Å²) in [6.07, 6.45) is 0.940. The van der Waals surface area contributed by atoms with Gasteiger partial charge in [-0.1, -0.05) is 49.6 Å². The molecular formula is C22H19Br2NO3. The number of aryl methyl sites for hydroxylation is 1. The molecule has 0 unspecified atom stereocenters. The number of hydrogen-bond acceptors (Lipinski definition) is 3. The van der Waals surface area contributed by atoms with Gasteiger partial charge in [0.15, 0.2) is 0 Å². The van der Waals surface area contributed by atoms with E-state index in [1.54, 1.807) is 24.3 Å². The van der Waals surface area contributed by atoms with Crippen molar-refractivity contribution in [2.24, 2.45) is 23.7 Å². The highest BCUT2D eigenvalue weighted by molar-refractivity contribution is 9.12. The van der Waals surface area contributed by atoms with Crippen molar-refractivity contribution in [1.29, 1.82) is 0 Å². The first kappa shape index (κ1) is 18.4. The van der Waals surface area contributed by atoms with Crippen LogP contribution in [0, 0.1) is 30.6 Å². The van der Waals surface area contributed by atoms with Gasteiger partial charge in [0.2, 0.25) is 11.8 Å². The van der Waals surface area contributed by atoms with Gasteiger partial charge in [0.05, 0.1) is 17.5 Å². The van der Waals surface area contributed by atoms with Crippen LogP contribution in [0.1, 0.15) is 12.0 Å². The third-order valence-electron chi connectivity index (χ3n) is 6.34. The first-order valence-electron chi connectivity index (χ1n) is 9.46. The highest BCUT2D eigenvalue weighted by Gasteiger charge is 2.66. The van der Waals surface area contributed by atoms with Crippen LogP contribution in [0.25, 0.3) is 0 Å². The van der Waals surface area contributed by atoms with Gasteiger partial charge in [-0.3, -0.25) is 14.5 Å². The second-order valence-electron chi connectivity index (χ2n) is 7.92. The predicted octanol–water partition coefficient (Wildman–Crippen LogP) is 5.07. The van der Waals surface area contributed by atoms with Crippen LogP contribution in [0.5, 0.6) is 11.5 Å². The number of rotatable bonds is 3. The van der Waals surface area contributed by atoms with Crippen molar-refractivity contribution in [3.63, 3.8) is 0 Å². The molecule has 1 heterocycles. The van der Waals surface area contributed by atoms with Crippen LogP contribution < -0.4 is 9.64 Å². The summed E-state index contributed by atoms with van der Waals surface area (Å²) in [5, 5.41) is 0. The van der Waals surface area contributed by atoms with E-state index in [1.807, 2.05) is 31.2 Å². The van der Waals surface area contributed by atoms with E-state index in [-0.39, 0.29) is 45.1 Å². The SMILES string of the molecule is Cc1ccc(Oc2ccc(N3C(=O)[C@@H]4[C@H]5C[C@@H]([C@H](Br)[C@@H]5Br)[C@@H]4C3=O)cc2)cc1. The molecule has 3 aliphatic rings. The molecule has 28 heavy (non-hydrogen) atoms. The maximum absolute atomic E-state index is 13.1. The van der Waals surface area contributed by atoms with Crippen molar-refractivity contribution in [2.75, 3.05) is 4.90 Å². The highest BCUT2D eigenvalue weighted by atomic mass is 79.9. The molecule has 2 bridgehead atoms. The summed E-state index contributed by atoms with van der Waals surface area (Å²) in [5.74, 6) is 1.38. The van der Waals surface area contributed by atoms with Crippen molar-refractivity contribution in [3.8, 4) is 11.5 Å². The zero-order valence-corrected chi connectivity index (χ0v) is 18.4. The fourth-order valence-corrected chi connectivity index (χ4v) is 6.88. The van der Waals surface area contributed by atoms with Crippen LogP contribution in [0.15, 0.2) is 48.5 Å². The fraction of sp³-hybridized carbons (Fsp3) is 0.364. The lowest BCUT2D eigenvalue weighted by molar-refractivity contribution is -0.123. The molecule has 1 saturated heterocycles. The van der Waals surface area contributed by atoms with Crippen molar-refractivity contribution >= 4 is 49.4 Å². The number of ether oxygens (including phenoxy) is 1. The van der Waals surface area contributed by atoms with E-state index in [4.69, 9.17) is 4.74 Å². The quantitative estimate of drug-likeness (QED) is 0.433. The summed E-state index contributed by atoms with van der Waals surface area (Å²) >= 11 is 7.44. The lowest BCUT2D eigenvalue weighted by atomic mass is 9.81. The standard InChI is InChI=1S/C22H19Br2NO3/c1-11-2-6-13(7-3-11)28-14-8-4-12(5-9-14)25-21(26)17-15-10-16(18(17)22(25)27)20(24)19(15)23/h2-9,15-20H,10H2,1H3/t15-,16-,17-,18+,19-,20+/m1/s1. The van der Waals surface area contributed by atoms with Crippen molar-refractivity contribution in [2.45, 2.75) is 23.0 Å². The van der Waals surface area contributed by atoms with E-state index in [2.05, 4.69) is 31.9 Å². The Hall–Kier alpha value is -1.66. The molecule has 5 rings (SSSR count). The monoisotopic (exact) mass is 503 g/mol. The molecule has 6 atom stereocenters. The van der Waals surface area contributed by atoms with Gasteiger partial charge >= 0.3 is 0 Å². The van der Waals surface area contributed by atoms with Crippen molar-refractivity contribution in [3.05, 3.63) is 54.1 Å². The molecule has 6 heteroatoms. The van der Waals surface area contributed by atoms with Gasteiger partial charge in [-0.25, -0.2) is 0 Å². The van der Waals surface area contributed by atoms with Crippen LogP contribution in [-0.2, 0) is 9.59 Å². The molecule has 2 saturated carbocycles. The van der Waals surface area contributed by atoms with Crippen LogP contribution in [0.2, 0.25) is 0 Å². The fourth-order valence-electron chi connectivity index (χ4n) is 5.01.